The lowest BCUT2D eigenvalue weighted by Gasteiger charge is -2.20. The van der Waals surface area contributed by atoms with Crippen molar-refractivity contribution in [3.05, 3.63) is 53.4 Å². The summed E-state index contributed by atoms with van der Waals surface area (Å²) in [5.41, 5.74) is 4.71. The smallest absolute Gasteiger partial charge is 0.258 e. The van der Waals surface area contributed by atoms with Crippen LogP contribution in [0.1, 0.15) is 45.4 Å². The van der Waals surface area contributed by atoms with E-state index in [1.165, 1.54) is 11.1 Å². The number of hydrogen-bond acceptors (Lipinski definition) is 5. The van der Waals surface area contributed by atoms with E-state index < -0.39 is 0 Å². The summed E-state index contributed by atoms with van der Waals surface area (Å²) in [6, 6.07) is 5.71. The Kier molecular flexibility index (Phi) is 5.10. The summed E-state index contributed by atoms with van der Waals surface area (Å²) in [6.07, 6.45) is 10.9. The van der Waals surface area contributed by atoms with Crippen LogP contribution in [0.2, 0.25) is 0 Å². The van der Waals surface area contributed by atoms with Crippen molar-refractivity contribution < 1.29 is 14.0 Å². The third-order valence-electron chi connectivity index (χ3n) is 4.81. The van der Waals surface area contributed by atoms with Gasteiger partial charge in [0.2, 0.25) is 5.82 Å². The highest BCUT2D eigenvalue weighted by atomic mass is 16.5. The molecule has 0 amide bonds. The average molecular weight is 364 g/mol. The predicted octanol–water partition coefficient (Wildman–Crippen LogP) is 5.36. The Morgan fingerprint density at radius 1 is 1.04 bits per heavy atom. The quantitative estimate of drug-likeness (QED) is 0.691. The average Bonchev–Trinajstić information content (AvgIpc) is 3.19. The Balaban J connectivity index is 1.65. The molecule has 4 rings (SSSR count). The van der Waals surface area contributed by atoms with Gasteiger partial charge in [-0.25, -0.2) is 0 Å². The fraction of sp³-hybridized carbons (Fsp3) is 0.364. The molecule has 0 radical (unpaired) electrons. The molecular formula is C22H24N2O3. The van der Waals surface area contributed by atoms with Gasteiger partial charge in [-0.15, -0.1) is 0 Å². The molecule has 2 aromatic rings. The van der Waals surface area contributed by atoms with E-state index in [9.17, 15) is 0 Å². The highest BCUT2D eigenvalue weighted by Gasteiger charge is 2.22. The molecule has 27 heavy (non-hydrogen) atoms. The van der Waals surface area contributed by atoms with Gasteiger partial charge in [-0.3, -0.25) is 0 Å². The van der Waals surface area contributed by atoms with Crippen LogP contribution in [0.3, 0.4) is 0 Å². The van der Waals surface area contributed by atoms with Crippen LogP contribution in [0.25, 0.3) is 17.0 Å². The third-order valence-corrected chi connectivity index (χ3v) is 4.81. The van der Waals surface area contributed by atoms with Gasteiger partial charge in [0.25, 0.3) is 5.89 Å². The molecule has 0 saturated carbocycles. The first kappa shape index (κ1) is 17.6. The van der Waals surface area contributed by atoms with E-state index in [-0.39, 0.29) is 0 Å². The molecule has 0 bridgehead atoms. The van der Waals surface area contributed by atoms with E-state index in [1.807, 2.05) is 32.0 Å². The molecule has 2 aliphatic carbocycles. The fourth-order valence-electron chi connectivity index (χ4n) is 3.61. The Morgan fingerprint density at radius 2 is 1.89 bits per heavy atom. The van der Waals surface area contributed by atoms with Gasteiger partial charge in [-0.05, 0) is 68.9 Å². The fourth-order valence-corrected chi connectivity index (χ4v) is 3.61. The number of rotatable bonds is 6. The summed E-state index contributed by atoms with van der Waals surface area (Å²) >= 11 is 0. The summed E-state index contributed by atoms with van der Waals surface area (Å²) in [7, 11) is 0. The van der Waals surface area contributed by atoms with Gasteiger partial charge >= 0.3 is 0 Å². The molecule has 0 unspecified atom stereocenters. The standard InChI is InChI=1S/C22H24N2O3/c1-3-25-19-13-12-16(14-20(19)26-4-2)22-23-21(24-27-22)18-11-7-9-15-8-5-6-10-17(15)18/h5,8,11-14H,3-4,6-7,9-10H2,1-2H3. The number of aromatic nitrogens is 2. The van der Waals surface area contributed by atoms with E-state index >= 15 is 0 Å². The van der Waals surface area contributed by atoms with E-state index in [1.54, 1.807) is 0 Å². The van der Waals surface area contributed by atoms with Crippen LogP contribution in [0.15, 0.2) is 52.1 Å². The Morgan fingerprint density at radius 3 is 2.74 bits per heavy atom. The number of ether oxygens (including phenoxy) is 2. The third kappa shape index (κ3) is 3.54. The van der Waals surface area contributed by atoms with Gasteiger partial charge in [0, 0.05) is 11.1 Å². The molecule has 5 heteroatoms. The number of allylic oxidation sites excluding steroid dienone is 6. The Hall–Kier alpha value is -2.82. The first-order valence-corrected chi connectivity index (χ1v) is 9.63. The largest absolute Gasteiger partial charge is 0.490 e. The second-order valence-electron chi connectivity index (χ2n) is 6.55. The second kappa shape index (κ2) is 7.82. The molecule has 0 N–H and O–H groups in total. The van der Waals surface area contributed by atoms with Crippen molar-refractivity contribution in [2.45, 2.75) is 39.5 Å². The van der Waals surface area contributed by atoms with E-state index in [0.29, 0.717) is 30.7 Å². The number of nitrogens with zero attached hydrogens (tertiary/aromatic N) is 2. The highest BCUT2D eigenvalue weighted by Crippen LogP contribution is 2.38. The summed E-state index contributed by atoms with van der Waals surface area (Å²) in [5, 5.41) is 4.26. The normalized spacial score (nSPS) is 16.1. The first-order valence-electron chi connectivity index (χ1n) is 9.63. The summed E-state index contributed by atoms with van der Waals surface area (Å²) in [4.78, 5) is 4.67. The molecule has 1 aromatic heterocycles. The molecule has 0 aliphatic heterocycles. The minimum Gasteiger partial charge on any atom is -0.490 e. The highest BCUT2D eigenvalue weighted by molar-refractivity contribution is 5.79. The topological polar surface area (TPSA) is 57.4 Å². The SMILES string of the molecule is CCOc1ccc(-c2nc(C3=CCCC4=C3CCC=C4)no2)cc1OCC. The minimum absolute atomic E-state index is 0.494. The summed E-state index contributed by atoms with van der Waals surface area (Å²) in [6.45, 7) is 5.06. The van der Waals surface area contributed by atoms with Crippen molar-refractivity contribution in [1.29, 1.82) is 0 Å². The summed E-state index contributed by atoms with van der Waals surface area (Å²) < 4.78 is 16.9. The molecule has 1 heterocycles. The molecule has 0 atom stereocenters. The van der Waals surface area contributed by atoms with Crippen molar-refractivity contribution in [2.75, 3.05) is 13.2 Å². The lowest BCUT2D eigenvalue weighted by atomic mass is 9.84. The molecule has 0 fully saturated rings. The van der Waals surface area contributed by atoms with E-state index in [4.69, 9.17) is 14.0 Å². The maximum atomic E-state index is 5.70. The first-order chi connectivity index (χ1) is 13.3. The molecule has 2 aliphatic rings. The zero-order valence-corrected chi connectivity index (χ0v) is 15.8. The van der Waals surface area contributed by atoms with Gasteiger partial charge in [0.15, 0.2) is 11.5 Å². The lowest BCUT2D eigenvalue weighted by Crippen LogP contribution is -2.04. The van der Waals surface area contributed by atoms with Crippen LogP contribution < -0.4 is 9.47 Å². The van der Waals surface area contributed by atoms with Gasteiger partial charge in [-0.1, -0.05) is 23.4 Å². The molecule has 5 nitrogen and oxygen atoms in total. The number of hydrogen-bond donors (Lipinski definition) is 0. The van der Waals surface area contributed by atoms with E-state index in [2.05, 4.69) is 28.4 Å². The molecule has 0 saturated heterocycles. The summed E-state index contributed by atoms with van der Waals surface area (Å²) in [5.74, 6) is 2.57. The van der Waals surface area contributed by atoms with Crippen molar-refractivity contribution >= 4 is 5.57 Å². The monoisotopic (exact) mass is 364 g/mol. The van der Waals surface area contributed by atoms with Gasteiger partial charge in [-0.2, -0.15) is 4.98 Å². The maximum Gasteiger partial charge on any atom is 0.258 e. The maximum absolute atomic E-state index is 5.70. The van der Waals surface area contributed by atoms with Crippen molar-refractivity contribution in [3.8, 4) is 23.0 Å². The molecular weight excluding hydrogens is 340 g/mol. The number of benzene rings is 1. The Labute approximate surface area is 159 Å². The van der Waals surface area contributed by atoms with Crippen LogP contribution in [0.4, 0.5) is 0 Å². The van der Waals surface area contributed by atoms with Crippen LogP contribution in [0, 0.1) is 0 Å². The zero-order chi connectivity index (χ0) is 18.6. The van der Waals surface area contributed by atoms with Gasteiger partial charge < -0.3 is 14.0 Å². The van der Waals surface area contributed by atoms with Gasteiger partial charge in [0.05, 0.1) is 13.2 Å². The molecule has 140 valence electrons. The molecule has 1 aromatic carbocycles. The molecule has 0 spiro atoms. The van der Waals surface area contributed by atoms with Crippen molar-refractivity contribution in [2.24, 2.45) is 0 Å². The minimum atomic E-state index is 0.494. The lowest BCUT2D eigenvalue weighted by molar-refractivity contribution is 0.288. The zero-order valence-electron chi connectivity index (χ0n) is 15.8. The Bertz CT molecular complexity index is 921. The van der Waals surface area contributed by atoms with Gasteiger partial charge in [0.1, 0.15) is 0 Å². The van der Waals surface area contributed by atoms with Crippen LogP contribution in [0.5, 0.6) is 11.5 Å². The second-order valence-corrected chi connectivity index (χ2v) is 6.55. The van der Waals surface area contributed by atoms with Crippen molar-refractivity contribution in [1.82, 2.24) is 10.1 Å². The van der Waals surface area contributed by atoms with Crippen LogP contribution in [-0.2, 0) is 0 Å². The predicted molar refractivity (Wildman–Crippen MR) is 105 cm³/mol. The van der Waals surface area contributed by atoms with Crippen LogP contribution >= 0.6 is 0 Å². The van der Waals surface area contributed by atoms with Crippen molar-refractivity contribution in [3.63, 3.8) is 0 Å². The van der Waals surface area contributed by atoms with E-state index in [0.717, 1.165) is 42.6 Å². The van der Waals surface area contributed by atoms with Crippen LogP contribution in [-0.4, -0.2) is 23.4 Å².